The van der Waals surface area contributed by atoms with Gasteiger partial charge < -0.3 is 15.7 Å². The fourth-order valence-electron chi connectivity index (χ4n) is 2.51. The Labute approximate surface area is 117 Å². The summed E-state index contributed by atoms with van der Waals surface area (Å²) in [7, 11) is 1.69. The Morgan fingerprint density at radius 2 is 2.21 bits per heavy atom. The number of aliphatic hydroxyl groups is 1. The molecular weight excluding hydrogens is 266 g/mol. The van der Waals surface area contributed by atoms with Crippen LogP contribution in [0.15, 0.2) is 12.3 Å². The number of carbonyl (C=O) groups excluding carboxylic acids is 1. The summed E-state index contributed by atoms with van der Waals surface area (Å²) in [5.74, 6) is -0.229. The van der Waals surface area contributed by atoms with Crippen molar-refractivity contribution in [1.82, 2.24) is 9.88 Å². The standard InChI is InChI=1S/C13H18ClN3O2/c1-17(10-4-2-3-5-11(10)18)13(19)8-6-12(14)16-7-9(8)15/h6-7,10-11,18H,2-5,15H2,1H3. The van der Waals surface area contributed by atoms with E-state index in [1.165, 1.54) is 12.3 Å². The summed E-state index contributed by atoms with van der Waals surface area (Å²) < 4.78 is 0. The van der Waals surface area contributed by atoms with Crippen molar-refractivity contribution in [3.63, 3.8) is 0 Å². The predicted octanol–water partition coefficient (Wildman–Crippen LogP) is 1.69. The van der Waals surface area contributed by atoms with Gasteiger partial charge in [0.15, 0.2) is 0 Å². The molecule has 0 saturated heterocycles. The summed E-state index contributed by atoms with van der Waals surface area (Å²) in [5, 5.41) is 10.2. The molecule has 1 aromatic heterocycles. The highest BCUT2D eigenvalue weighted by Crippen LogP contribution is 2.25. The highest BCUT2D eigenvalue weighted by molar-refractivity contribution is 6.29. The Morgan fingerprint density at radius 3 is 2.89 bits per heavy atom. The summed E-state index contributed by atoms with van der Waals surface area (Å²) in [6.07, 6.45) is 4.47. The Balaban J connectivity index is 2.20. The van der Waals surface area contributed by atoms with Gasteiger partial charge in [-0.1, -0.05) is 24.4 Å². The minimum Gasteiger partial charge on any atom is -0.397 e. The predicted molar refractivity (Wildman–Crippen MR) is 74.0 cm³/mol. The van der Waals surface area contributed by atoms with E-state index in [1.54, 1.807) is 11.9 Å². The van der Waals surface area contributed by atoms with E-state index in [0.29, 0.717) is 11.3 Å². The van der Waals surface area contributed by atoms with Crippen molar-refractivity contribution in [3.8, 4) is 0 Å². The quantitative estimate of drug-likeness (QED) is 0.810. The molecule has 2 atom stereocenters. The highest BCUT2D eigenvalue weighted by Gasteiger charge is 2.30. The number of nitrogens with zero attached hydrogens (tertiary/aromatic N) is 2. The number of rotatable bonds is 2. The molecule has 2 unspecified atom stereocenters. The molecule has 5 nitrogen and oxygen atoms in total. The van der Waals surface area contributed by atoms with Crippen molar-refractivity contribution >= 4 is 23.2 Å². The topological polar surface area (TPSA) is 79.5 Å². The van der Waals surface area contributed by atoms with E-state index in [9.17, 15) is 9.90 Å². The summed E-state index contributed by atoms with van der Waals surface area (Å²) in [5.41, 5.74) is 6.39. The van der Waals surface area contributed by atoms with E-state index >= 15 is 0 Å². The number of nitrogen functional groups attached to an aromatic ring is 1. The fraction of sp³-hybridized carbons (Fsp3) is 0.538. The normalized spacial score (nSPS) is 23.1. The van der Waals surface area contributed by atoms with E-state index in [1.807, 2.05) is 0 Å². The molecular formula is C13H18ClN3O2. The number of likely N-dealkylation sites (N-methyl/N-ethyl adjacent to an activating group) is 1. The second-order valence-corrected chi connectivity index (χ2v) is 5.32. The lowest BCUT2D eigenvalue weighted by molar-refractivity contribution is 0.0268. The third-order valence-corrected chi connectivity index (χ3v) is 3.85. The number of hydrogen-bond donors (Lipinski definition) is 2. The first-order chi connectivity index (χ1) is 9.00. The molecule has 0 aliphatic heterocycles. The number of nitrogens with two attached hydrogens (primary N) is 1. The number of anilines is 1. The number of carbonyl (C=O) groups is 1. The van der Waals surface area contributed by atoms with Gasteiger partial charge in [0.1, 0.15) is 5.15 Å². The van der Waals surface area contributed by atoms with Gasteiger partial charge in [0.25, 0.3) is 5.91 Å². The number of aliphatic hydroxyl groups excluding tert-OH is 1. The maximum atomic E-state index is 12.4. The van der Waals surface area contributed by atoms with E-state index in [0.717, 1.165) is 25.7 Å². The molecule has 6 heteroatoms. The van der Waals surface area contributed by atoms with Crippen molar-refractivity contribution < 1.29 is 9.90 Å². The first-order valence-electron chi connectivity index (χ1n) is 6.37. The van der Waals surface area contributed by atoms with E-state index in [-0.39, 0.29) is 17.1 Å². The molecule has 19 heavy (non-hydrogen) atoms. The molecule has 1 saturated carbocycles. The van der Waals surface area contributed by atoms with Crippen LogP contribution in [-0.4, -0.2) is 40.1 Å². The van der Waals surface area contributed by atoms with Crippen LogP contribution in [0.3, 0.4) is 0 Å². The van der Waals surface area contributed by atoms with Crippen molar-refractivity contribution in [2.24, 2.45) is 0 Å². The van der Waals surface area contributed by atoms with Gasteiger partial charge in [0.2, 0.25) is 0 Å². The van der Waals surface area contributed by atoms with Crippen LogP contribution in [0.5, 0.6) is 0 Å². The largest absolute Gasteiger partial charge is 0.397 e. The number of hydrogen-bond acceptors (Lipinski definition) is 4. The number of halogens is 1. The molecule has 1 fully saturated rings. The smallest absolute Gasteiger partial charge is 0.256 e. The Kier molecular flexibility index (Phi) is 4.27. The Bertz CT molecular complexity index is 481. The first kappa shape index (κ1) is 14.1. The van der Waals surface area contributed by atoms with Crippen molar-refractivity contribution in [1.29, 1.82) is 0 Å². The highest BCUT2D eigenvalue weighted by atomic mass is 35.5. The zero-order valence-electron chi connectivity index (χ0n) is 10.8. The molecule has 0 aromatic carbocycles. The zero-order chi connectivity index (χ0) is 14.0. The summed E-state index contributed by atoms with van der Waals surface area (Å²) in [4.78, 5) is 17.8. The molecule has 3 N–H and O–H groups in total. The van der Waals surface area contributed by atoms with Crippen molar-refractivity contribution in [3.05, 3.63) is 23.0 Å². The molecule has 0 radical (unpaired) electrons. The molecule has 0 bridgehead atoms. The molecule has 1 aliphatic rings. The van der Waals surface area contributed by atoms with Crippen LogP contribution >= 0.6 is 11.6 Å². The molecule has 1 aromatic rings. The monoisotopic (exact) mass is 283 g/mol. The van der Waals surface area contributed by atoms with Gasteiger partial charge in [-0.15, -0.1) is 0 Å². The van der Waals surface area contributed by atoms with E-state index < -0.39 is 6.10 Å². The van der Waals surface area contributed by atoms with E-state index in [4.69, 9.17) is 17.3 Å². The number of pyridine rings is 1. The lowest BCUT2D eigenvalue weighted by atomic mass is 9.91. The molecule has 2 rings (SSSR count). The van der Waals surface area contributed by atoms with Gasteiger partial charge in [-0.25, -0.2) is 4.98 Å². The fourth-order valence-corrected chi connectivity index (χ4v) is 2.67. The van der Waals surface area contributed by atoms with Crippen LogP contribution in [0.25, 0.3) is 0 Å². The first-order valence-corrected chi connectivity index (χ1v) is 6.74. The van der Waals surface area contributed by atoms with Gasteiger partial charge in [0, 0.05) is 7.05 Å². The third-order valence-electron chi connectivity index (χ3n) is 3.64. The van der Waals surface area contributed by atoms with Crippen LogP contribution in [0.4, 0.5) is 5.69 Å². The van der Waals surface area contributed by atoms with E-state index in [2.05, 4.69) is 4.98 Å². The lowest BCUT2D eigenvalue weighted by Gasteiger charge is -2.35. The van der Waals surface area contributed by atoms with Crippen LogP contribution in [0.1, 0.15) is 36.0 Å². The summed E-state index contributed by atoms with van der Waals surface area (Å²) in [6, 6.07) is 1.30. The SMILES string of the molecule is CN(C(=O)c1cc(Cl)ncc1N)C1CCCCC1O. The van der Waals surface area contributed by atoms with Gasteiger partial charge in [0.05, 0.1) is 29.6 Å². The maximum absolute atomic E-state index is 12.4. The number of amides is 1. The Hall–Kier alpha value is -1.33. The maximum Gasteiger partial charge on any atom is 0.256 e. The third kappa shape index (κ3) is 2.98. The van der Waals surface area contributed by atoms with Crippen LogP contribution in [0, 0.1) is 0 Å². The molecule has 1 aliphatic carbocycles. The van der Waals surface area contributed by atoms with Crippen molar-refractivity contribution in [2.75, 3.05) is 12.8 Å². The average molecular weight is 284 g/mol. The van der Waals surface area contributed by atoms with Gasteiger partial charge in [-0.2, -0.15) is 0 Å². The minimum atomic E-state index is -0.471. The molecule has 104 valence electrons. The zero-order valence-corrected chi connectivity index (χ0v) is 11.6. The minimum absolute atomic E-state index is 0.160. The lowest BCUT2D eigenvalue weighted by Crippen LogP contribution is -2.46. The van der Waals surface area contributed by atoms with Gasteiger partial charge >= 0.3 is 0 Å². The van der Waals surface area contributed by atoms with Crippen molar-refractivity contribution in [2.45, 2.75) is 37.8 Å². The van der Waals surface area contributed by atoms with Crippen LogP contribution in [0.2, 0.25) is 5.15 Å². The second-order valence-electron chi connectivity index (χ2n) is 4.93. The number of aromatic nitrogens is 1. The second kappa shape index (κ2) is 5.75. The van der Waals surface area contributed by atoms with Gasteiger partial charge in [-0.05, 0) is 18.9 Å². The Morgan fingerprint density at radius 1 is 1.53 bits per heavy atom. The molecule has 1 heterocycles. The van der Waals surface area contributed by atoms with Crippen LogP contribution in [-0.2, 0) is 0 Å². The van der Waals surface area contributed by atoms with Crippen LogP contribution < -0.4 is 5.73 Å². The average Bonchev–Trinajstić information content (AvgIpc) is 2.40. The molecule has 1 amide bonds. The van der Waals surface area contributed by atoms with Gasteiger partial charge in [-0.3, -0.25) is 4.79 Å². The summed E-state index contributed by atoms with van der Waals surface area (Å²) >= 11 is 5.79. The summed E-state index contributed by atoms with van der Waals surface area (Å²) in [6.45, 7) is 0. The molecule has 0 spiro atoms.